The van der Waals surface area contributed by atoms with Gasteiger partial charge in [0.15, 0.2) is 11.6 Å². The Balaban J connectivity index is 1.28. The van der Waals surface area contributed by atoms with Gasteiger partial charge in [0.25, 0.3) is 5.91 Å². The van der Waals surface area contributed by atoms with Crippen molar-refractivity contribution < 1.29 is 28.2 Å². The van der Waals surface area contributed by atoms with Crippen LogP contribution in [-0.2, 0) is 4.74 Å². The van der Waals surface area contributed by atoms with Crippen LogP contribution in [0.15, 0.2) is 48.8 Å². The van der Waals surface area contributed by atoms with Gasteiger partial charge in [-0.15, -0.1) is 11.3 Å². The van der Waals surface area contributed by atoms with Gasteiger partial charge in [-0.25, -0.2) is 24.1 Å². The number of fused-ring (bicyclic) bond motifs is 2. The van der Waals surface area contributed by atoms with Gasteiger partial charge in [0, 0.05) is 36.6 Å². The number of ether oxygens (including phenoxy) is 3. The number of nitrogens with zero attached hydrogens (tertiary/aromatic N) is 4. The summed E-state index contributed by atoms with van der Waals surface area (Å²) in [5, 5.41) is 5.65. The molecule has 0 fully saturated rings. The number of pyridine rings is 1. The minimum atomic E-state index is -0.760. The van der Waals surface area contributed by atoms with Crippen LogP contribution in [0.2, 0.25) is 0 Å². The van der Waals surface area contributed by atoms with Gasteiger partial charge in [-0.2, -0.15) is 0 Å². The molecule has 2 aromatic carbocycles. The molecule has 5 rings (SSSR count). The third kappa shape index (κ3) is 6.14. The first-order valence-electron chi connectivity index (χ1n) is 12.4. The number of anilines is 1. The molecule has 210 valence electrons. The third-order valence-electron chi connectivity index (χ3n) is 5.90. The van der Waals surface area contributed by atoms with E-state index < -0.39 is 23.9 Å². The lowest BCUT2D eigenvalue weighted by molar-refractivity contribution is 0.0843. The largest absolute Gasteiger partial charge is 0.487 e. The molecule has 3 aromatic heterocycles. The van der Waals surface area contributed by atoms with E-state index >= 15 is 0 Å². The fourth-order valence-electron chi connectivity index (χ4n) is 4.00. The van der Waals surface area contributed by atoms with Crippen LogP contribution in [0.4, 0.5) is 14.9 Å². The van der Waals surface area contributed by atoms with E-state index in [2.05, 4.69) is 30.6 Å². The third-order valence-corrected chi connectivity index (χ3v) is 6.95. The normalized spacial score (nSPS) is 11.7. The van der Waals surface area contributed by atoms with Crippen LogP contribution >= 0.6 is 11.3 Å². The number of methoxy groups -OCH3 is 1. The van der Waals surface area contributed by atoms with Crippen molar-refractivity contribution in [3.63, 3.8) is 0 Å². The lowest BCUT2D eigenvalue weighted by atomic mass is 10.1. The summed E-state index contributed by atoms with van der Waals surface area (Å²) in [7, 11) is 3.01. The highest BCUT2D eigenvalue weighted by Crippen LogP contribution is 2.37. The number of aromatic nitrogens is 4. The number of thiazole rings is 1. The Labute approximate surface area is 237 Å². The van der Waals surface area contributed by atoms with Crippen LogP contribution in [0.25, 0.3) is 31.8 Å². The van der Waals surface area contributed by atoms with Crippen molar-refractivity contribution in [2.24, 2.45) is 0 Å². The Hall–Kier alpha value is -4.91. The van der Waals surface area contributed by atoms with Gasteiger partial charge in [0.1, 0.15) is 23.4 Å². The second-order valence-electron chi connectivity index (χ2n) is 9.02. The van der Waals surface area contributed by atoms with Crippen LogP contribution < -0.4 is 20.1 Å². The van der Waals surface area contributed by atoms with Gasteiger partial charge in [0.2, 0.25) is 5.88 Å². The van der Waals surface area contributed by atoms with Gasteiger partial charge in [-0.1, -0.05) is 0 Å². The van der Waals surface area contributed by atoms with E-state index in [1.54, 1.807) is 19.2 Å². The van der Waals surface area contributed by atoms with E-state index in [4.69, 9.17) is 14.2 Å². The summed E-state index contributed by atoms with van der Waals surface area (Å²) in [5.74, 6) is -0.572. The standard InChI is InChI=1S/C28H25FN6O5S/c1-14-7-17(25-20(8-14)34-24(38-4)12-32-25)27-35-19-10-18(29)22(11-23(19)41-27)39-13-15(2)40-28(37)33-16-5-6-31-21(9-16)26(36)30-3/h5-12,15H,13H2,1-4H3,(H,30,36)(H,31,33,37)/t15-/m1/s1. The summed E-state index contributed by atoms with van der Waals surface area (Å²) in [6, 6.07) is 9.69. The molecule has 0 aliphatic heterocycles. The van der Waals surface area contributed by atoms with E-state index in [9.17, 15) is 14.0 Å². The van der Waals surface area contributed by atoms with Crippen molar-refractivity contribution >= 4 is 50.3 Å². The molecule has 2 N–H and O–H groups in total. The van der Waals surface area contributed by atoms with E-state index in [-0.39, 0.29) is 18.1 Å². The Morgan fingerprint density at radius 1 is 1.10 bits per heavy atom. The van der Waals surface area contributed by atoms with Gasteiger partial charge < -0.3 is 19.5 Å². The quantitative estimate of drug-likeness (QED) is 0.257. The molecule has 41 heavy (non-hydrogen) atoms. The molecule has 0 bridgehead atoms. The van der Waals surface area contributed by atoms with Crippen molar-refractivity contribution in [3.05, 3.63) is 65.9 Å². The number of hydrogen-bond donors (Lipinski definition) is 2. The first-order chi connectivity index (χ1) is 19.7. The SMILES string of the molecule is CNC(=O)c1cc(NC(=O)O[C@H](C)COc2cc3sc(-c4cc(C)cc5nc(OC)cnc45)nc3cc2F)ccn1. The number of amides is 2. The highest BCUT2D eigenvalue weighted by molar-refractivity contribution is 7.21. The van der Waals surface area contributed by atoms with Crippen LogP contribution in [0.1, 0.15) is 23.0 Å². The number of aryl methyl sites for hydroxylation is 1. The molecule has 13 heteroatoms. The smallest absolute Gasteiger partial charge is 0.412 e. The number of carbonyl (C=O) groups excluding carboxylic acids is 2. The summed E-state index contributed by atoms with van der Waals surface area (Å²) in [6.45, 7) is 3.47. The van der Waals surface area contributed by atoms with Crippen LogP contribution in [0.3, 0.4) is 0 Å². The van der Waals surface area contributed by atoms with E-state index in [1.807, 2.05) is 19.1 Å². The van der Waals surface area contributed by atoms with E-state index in [0.717, 1.165) is 11.1 Å². The summed E-state index contributed by atoms with van der Waals surface area (Å²) in [4.78, 5) is 41.6. The Morgan fingerprint density at radius 2 is 1.93 bits per heavy atom. The first-order valence-corrected chi connectivity index (χ1v) is 13.3. The first kappa shape index (κ1) is 27.6. The highest BCUT2D eigenvalue weighted by Gasteiger charge is 2.17. The van der Waals surface area contributed by atoms with Gasteiger partial charge in [-0.3, -0.25) is 15.1 Å². The van der Waals surface area contributed by atoms with Gasteiger partial charge in [0.05, 0.1) is 34.6 Å². The zero-order valence-corrected chi connectivity index (χ0v) is 23.3. The summed E-state index contributed by atoms with van der Waals surface area (Å²) >= 11 is 1.37. The molecule has 0 aliphatic carbocycles. The summed E-state index contributed by atoms with van der Waals surface area (Å²) in [6.07, 6.45) is 1.46. The molecule has 2 amide bonds. The molecule has 5 aromatic rings. The number of rotatable bonds is 8. The van der Waals surface area contributed by atoms with Crippen molar-refractivity contribution in [2.45, 2.75) is 20.0 Å². The molecule has 3 heterocycles. The minimum Gasteiger partial charge on any atom is -0.487 e. The second kappa shape index (κ2) is 11.7. The van der Waals surface area contributed by atoms with E-state index in [0.29, 0.717) is 37.8 Å². The molecule has 0 saturated heterocycles. The topological polar surface area (TPSA) is 137 Å². The fourth-order valence-corrected chi connectivity index (χ4v) is 4.99. The molecule has 0 radical (unpaired) electrons. The zero-order valence-electron chi connectivity index (χ0n) is 22.5. The van der Waals surface area contributed by atoms with Crippen LogP contribution in [-0.4, -0.2) is 58.8 Å². The average molecular weight is 577 g/mol. The highest BCUT2D eigenvalue weighted by atomic mass is 32.1. The molecule has 0 saturated carbocycles. The molecular weight excluding hydrogens is 551 g/mol. The molecule has 0 spiro atoms. The second-order valence-corrected chi connectivity index (χ2v) is 10.1. The summed E-state index contributed by atoms with van der Waals surface area (Å²) < 4.78 is 31.8. The monoisotopic (exact) mass is 576 g/mol. The summed E-state index contributed by atoms with van der Waals surface area (Å²) in [5.41, 5.74) is 4.03. The zero-order chi connectivity index (χ0) is 29.1. The average Bonchev–Trinajstić information content (AvgIpc) is 3.37. The molecule has 1 atom stereocenters. The van der Waals surface area contributed by atoms with Crippen molar-refractivity contribution in [2.75, 3.05) is 26.1 Å². The predicted molar refractivity (Wildman–Crippen MR) is 152 cm³/mol. The minimum absolute atomic E-state index is 0.00606. The van der Waals surface area contributed by atoms with Crippen LogP contribution in [0.5, 0.6) is 11.6 Å². The molecule has 0 aliphatic rings. The van der Waals surface area contributed by atoms with Crippen molar-refractivity contribution in [3.8, 4) is 22.2 Å². The Kier molecular flexibility index (Phi) is 7.88. The maximum Gasteiger partial charge on any atom is 0.412 e. The molecule has 11 nitrogen and oxygen atoms in total. The lowest BCUT2D eigenvalue weighted by Gasteiger charge is -2.15. The van der Waals surface area contributed by atoms with Crippen molar-refractivity contribution in [1.29, 1.82) is 0 Å². The Morgan fingerprint density at radius 3 is 2.71 bits per heavy atom. The maximum absolute atomic E-state index is 14.9. The number of carbonyl (C=O) groups is 2. The molecular formula is C28H25FN6O5S. The van der Waals surface area contributed by atoms with Crippen molar-refractivity contribution in [1.82, 2.24) is 25.3 Å². The molecule has 0 unspecified atom stereocenters. The maximum atomic E-state index is 14.9. The van der Waals surface area contributed by atoms with Crippen LogP contribution in [0, 0.1) is 12.7 Å². The lowest BCUT2D eigenvalue weighted by Crippen LogP contribution is -2.25. The van der Waals surface area contributed by atoms with Gasteiger partial charge >= 0.3 is 6.09 Å². The number of halogens is 1. The Bertz CT molecular complexity index is 1780. The van der Waals surface area contributed by atoms with E-state index in [1.165, 1.54) is 49.9 Å². The van der Waals surface area contributed by atoms with Gasteiger partial charge in [-0.05, 0) is 43.7 Å². The predicted octanol–water partition coefficient (Wildman–Crippen LogP) is 5.13. The number of nitrogens with one attached hydrogen (secondary N) is 2. The number of hydrogen-bond acceptors (Lipinski definition) is 10. The fraction of sp³-hybridized carbons (Fsp3) is 0.214. The number of benzene rings is 2.